The van der Waals surface area contributed by atoms with Crippen LogP contribution >= 0.6 is 24.0 Å². The number of piperidine rings is 1. The van der Waals surface area contributed by atoms with Crippen molar-refractivity contribution in [1.29, 1.82) is 0 Å². The van der Waals surface area contributed by atoms with E-state index in [9.17, 15) is 4.79 Å². The van der Waals surface area contributed by atoms with E-state index in [1.54, 1.807) is 19.0 Å². The minimum Gasteiger partial charge on any atom is -0.370 e. The van der Waals surface area contributed by atoms with Crippen LogP contribution in [-0.4, -0.2) is 55.4 Å². The van der Waals surface area contributed by atoms with Crippen LogP contribution in [0, 0.1) is 5.92 Å². The molecule has 1 saturated heterocycles. The van der Waals surface area contributed by atoms with Gasteiger partial charge in [-0.1, -0.05) is 19.1 Å². The lowest BCUT2D eigenvalue weighted by Gasteiger charge is -2.31. The van der Waals surface area contributed by atoms with Gasteiger partial charge in [-0.3, -0.25) is 9.79 Å². The smallest absolute Gasteiger partial charge is 0.253 e. The Kier molecular flexibility index (Phi) is 8.52. The van der Waals surface area contributed by atoms with Crippen LogP contribution in [0.25, 0.3) is 0 Å². The molecular formula is C18H29IN4O. The van der Waals surface area contributed by atoms with Crippen molar-refractivity contribution in [2.24, 2.45) is 16.6 Å². The summed E-state index contributed by atoms with van der Waals surface area (Å²) in [5.74, 6) is 1.46. The lowest BCUT2D eigenvalue weighted by atomic mass is 10.00. The molecule has 6 heteroatoms. The Bertz CT molecular complexity index is 566. The van der Waals surface area contributed by atoms with Gasteiger partial charge < -0.3 is 15.5 Å². The maximum Gasteiger partial charge on any atom is 0.253 e. The predicted molar refractivity (Wildman–Crippen MR) is 110 cm³/mol. The van der Waals surface area contributed by atoms with Crippen LogP contribution in [0.2, 0.25) is 0 Å². The van der Waals surface area contributed by atoms with Crippen molar-refractivity contribution in [3.05, 3.63) is 35.4 Å². The second-order valence-corrected chi connectivity index (χ2v) is 6.56. The normalized spacial score (nSPS) is 15.8. The minimum atomic E-state index is 0. The van der Waals surface area contributed by atoms with Gasteiger partial charge in [0.2, 0.25) is 0 Å². The van der Waals surface area contributed by atoms with Gasteiger partial charge in [0.1, 0.15) is 0 Å². The highest BCUT2D eigenvalue weighted by Crippen LogP contribution is 2.15. The summed E-state index contributed by atoms with van der Waals surface area (Å²) < 4.78 is 0. The molecule has 0 aliphatic carbocycles. The second-order valence-electron chi connectivity index (χ2n) is 6.56. The maximum absolute atomic E-state index is 12.0. The number of hydrogen-bond donors (Lipinski definition) is 1. The Labute approximate surface area is 162 Å². The van der Waals surface area contributed by atoms with E-state index in [2.05, 4.69) is 16.8 Å². The van der Waals surface area contributed by atoms with Gasteiger partial charge in [-0.25, -0.2) is 0 Å². The quantitative estimate of drug-likeness (QED) is 0.441. The van der Waals surface area contributed by atoms with Crippen LogP contribution in [0.1, 0.15) is 35.7 Å². The number of hydrogen-bond acceptors (Lipinski definition) is 2. The fourth-order valence-corrected chi connectivity index (χ4v) is 2.76. The second kappa shape index (κ2) is 9.86. The molecule has 1 aliphatic rings. The molecule has 24 heavy (non-hydrogen) atoms. The van der Waals surface area contributed by atoms with Gasteiger partial charge in [-0.15, -0.1) is 24.0 Å². The number of aliphatic imine (C=N–C) groups is 1. The van der Waals surface area contributed by atoms with Gasteiger partial charge >= 0.3 is 0 Å². The molecule has 1 aromatic rings. The van der Waals surface area contributed by atoms with Crippen molar-refractivity contribution in [3.63, 3.8) is 0 Å². The number of benzene rings is 1. The van der Waals surface area contributed by atoms with Gasteiger partial charge in [-0.2, -0.15) is 0 Å². The number of rotatable bonds is 4. The molecule has 0 unspecified atom stereocenters. The van der Waals surface area contributed by atoms with Gasteiger partial charge in [-0.05, 0) is 42.9 Å². The molecule has 2 N–H and O–H groups in total. The third kappa shape index (κ3) is 5.96. The third-order valence-corrected chi connectivity index (χ3v) is 4.36. The minimum absolute atomic E-state index is 0. The fraction of sp³-hybridized carbons (Fsp3) is 0.556. The molecular weight excluding hydrogens is 415 g/mol. The molecule has 0 radical (unpaired) electrons. The molecule has 1 aliphatic heterocycles. The van der Waals surface area contributed by atoms with Crippen LogP contribution in [0.5, 0.6) is 0 Å². The summed E-state index contributed by atoms with van der Waals surface area (Å²) in [7, 11) is 3.53. The van der Waals surface area contributed by atoms with Gasteiger partial charge in [0, 0.05) is 39.3 Å². The highest BCUT2D eigenvalue weighted by atomic mass is 127. The fourth-order valence-electron chi connectivity index (χ4n) is 2.76. The van der Waals surface area contributed by atoms with Crippen molar-refractivity contribution in [2.75, 3.05) is 33.7 Å². The first-order valence-electron chi connectivity index (χ1n) is 8.33. The van der Waals surface area contributed by atoms with E-state index in [-0.39, 0.29) is 29.9 Å². The number of likely N-dealkylation sites (tertiary alicyclic amines) is 1. The first-order valence-corrected chi connectivity index (χ1v) is 8.33. The zero-order valence-electron chi connectivity index (χ0n) is 14.9. The number of carbonyl (C=O) groups is 1. The largest absolute Gasteiger partial charge is 0.370 e. The molecule has 0 bridgehead atoms. The monoisotopic (exact) mass is 444 g/mol. The van der Waals surface area contributed by atoms with E-state index in [0.29, 0.717) is 12.5 Å². The highest BCUT2D eigenvalue weighted by Gasteiger charge is 2.16. The topological polar surface area (TPSA) is 61.9 Å². The van der Waals surface area contributed by atoms with Crippen LogP contribution in [0.15, 0.2) is 29.3 Å². The first kappa shape index (κ1) is 20.7. The summed E-state index contributed by atoms with van der Waals surface area (Å²) in [4.78, 5) is 20.2. The van der Waals surface area contributed by atoms with Crippen LogP contribution in [-0.2, 0) is 6.42 Å². The lowest BCUT2D eigenvalue weighted by molar-refractivity contribution is 0.0827. The Morgan fingerprint density at radius 1 is 1.33 bits per heavy atom. The number of nitrogens with zero attached hydrogens (tertiary/aromatic N) is 3. The Balaban J connectivity index is 0.00000288. The molecule has 1 fully saturated rings. The number of guanidine groups is 1. The number of carbonyl (C=O) groups excluding carboxylic acids is 1. The van der Waals surface area contributed by atoms with Crippen molar-refractivity contribution in [3.8, 4) is 0 Å². The summed E-state index contributed by atoms with van der Waals surface area (Å²) >= 11 is 0. The summed E-state index contributed by atoms with van der Waals surface area (Å²) in [5.41, 5.74) is 7.92. The summed E-state index contributed by atoms with van der Waals surface area (Å²) in [5, 5.41) is 0. The third-order valence-electron chi connectivity index (χ3n) is 4.36. The molecule has 2 rings (SSSR count). The molecule has 0 atom stereocenters. The number of halogens is 1. The van der Waals surface area contributed by atoms with Gasteiger partial charge in [0.15, 0.2) is 5.96 Å². The molecule has 1 heterocycles. The van der Waals surface area contributed by atoms with Crippen molar-refractivity contribution in [2.45, 2.75) is 26.2 Å². The van der Waals surface area contributed by atoms with Crippen LogP contribution in [0.3, 0.4) is 0 Å². The lowest BCUT2D eigenvalue weighted by Crippen LogP contribution is -2.42. The summed E-state index contributed by atoms with van der Waals surface area (Å²) in [6.45, 7) is 4.94. The van der Waals surface area contributed by atoms with E-state index in [4.69, 9.17) is 5.73 Å². The number of nitrogens with two attached hydrogens (primary N) is 1. The maximum atomic E-state index is 12.0. The van der Waals surface area contributed by atoms with E-state index in [0.717, 1.165) is 36.6 Å². The molecule has 0 aromatic heterocycles. The van der Waals surface area contributed by atoms with Crippen molar-refractivity contribution < 1.29 is 4.79 Å². The Morgan fingerprint density at radius 2 is 2.00 bits per heavy atom. The molecule has 5 nitrogen and oxygen atoms in total. The van der Waals surface area contributed by atoms with Crippen LogP contribution in [0.4, 0.5) is 0 Å². The molecule has 1 amide bonds. The molecule has 0 spiro atoms. The van der Waals surface area contributed by atoms with Crippen LogP contribution < -0.4 is 5.73 Å². The molecule has 0 saturated carbocycles. The zero-order chi connectivity index (χ0) is 16.8. The van der Waals surface area contributed by atoms with E-state index < -0.39 is 0 Å². The predicted octanol–water partition coefficient (Wildman–Crippen LogP) is 2.60. The van der Waals surface area contributed by atoms with Crippen molar-refractivity contribution >= 4 is 35.8 Å². The SMILES string of the molecule is CC1CCN(C(N)=NCCc2cccc(C(=O)N(C)C)c2)CC1.I. The summed E-state index contributed by atoms with van der Waals surface area (Å²) in [6.07, 6.45) is 3.16. The average Bonchev–Trinajstić information content (AvgIpc) is 2.55. The van der Waals surface area contributed by atoms with Gasteiger partial charge in [0.05, 0.1) is 0 Å². The highest BCUT2D eigenvalue weighted by molar-refractivity contribution is 14.0. The summed E-state index contributed by atoms with van der Waals surface area (Å²) in [6, 6.07) is 7.74. The standard InChI is InChI=1S/C18H28N4O.HI/c1-14-8-11-22(12-9-14)18(19)20-10-7-15-5-4-6-16(13-15)17(23)21(2)3;/h4-6,13-14H,7-12H2,1-3H3,(H2,19,20);1H. The van der Waals surface area contributed by atoms with E-state index in [1.165, 1.54) is 12.8 Å². The number of amides is 1. The van der Waals surface area contributed by atoms with Crippen molar-refractivity contribution in [1.82, 2.24) is 9.80 Å². The first-order chi connectivity index (χ1) is 11.0. The van der Waals surface area contributed by atoms with E-state index in [1.807, 2.05) is 24.3 Å². The Hall–Kier alpha value is -1.31. The zero-order valence-corrected chi connectivity index (χ0v) is 17.2. The Morgan fingerprint density at radius 3 is 2.62 bits per heavy atom. The van der Waals surface area contributed by atoms with E-state index >= 15 is 0 Å². The molecule has 1 aromatic carbocycles. The van der Waals surface area contributed by atoms with Gasteiger partial charge in [0.25, 0.3) is 5.91 Å². The average molecular weight is 444 g/mol. The molecule has 134 valence electrons.